The Morgan fingerprint density at radius 3 is 2.53 bits per heavy atom. The molecule has 2 heterocycles. The number of amides is 2. The molecule has 2 amide bonds. The average Bonchev–Trinajstić information content (AvgIpc) is 2.92. The van der Waals surface area contributed by atoms with Crippen molar-refractivity contribution in [1.82, 2.24) is 15.5 Å². The Hall–Kier alpha value is -2.22. The van der Waals surface area contributed by atoms with E-state index in [1.54, 1.807) is 18.2 Å². The van der Waals surface area contributed by atoms with E-state index in [0.717, 1.165) is 36.2 Å². The van der Waals surface area contributed by atoms with Gasteiger partial charge in [0.25, 0.3) is 11.8 Å². The quantitative estimate of drug-likeness (QED) is 0.598. The molecule has 0 aromatic heterocycles. The van der Waals surface area contributed by atoms with Gasteiger partial charge in [0, 0.05) is 28.7 Å². The molecule has 0 bridgehead atoms. The number of carbonyl (C=O) groups is 2. The first kappa shape index (κ1) is 21.0. The highest BCUT2D eigenvalue weighted by molar-refractivity contribution is 9.10. The lowest BCUT2D eigenvalue weighted by atomic mass is 10.1. The van der Waals surface area contributed by atoms with E-state index < -0.39 is 0 Å². The van der Waals surface area contributed by atoms with Crippen LogP contribution >= 0.6 is 15.9 Å². The normalized spacial score (nSPS) is 19.1. The summed E-state index contributed by atoms with van der Waals surface area (Å²) < 4.78 is 0.848. The molecule has 1 atom stereocenters. The third kappa shape index (κ3) is 4.74. The lowest BCUT2D eigenvalue weighted by Crippen LogP contribution is -2.38. The van der Waals surface area contributed by atoms with Crippen molar-refractivity contribution >= 4 is 33.4 Å². The highest BCUT2D eigenvalue weighted by Crippen LogP contribution is 2.35. The molecular weight excluding hydrogens is 444 g/mol. The number of carbonyl (C=O) groups excluding carboxylic acids is 2. The largest absolute Gasteiger partial charge is 0.332 e. The van der Waals surface area contributed by atoms with Crippen molar-refractivity contribution < 1.29 is 9.59 Å². The molecule has 1 unspecified atom stereocenters. The summed E-state index contributed by atoms with van der Waals surface area (Å²) in [5, 5.41) is 9.38. The number of anilines is 1. The molecule has 7 heteroatoms. The standard InChI is InChI=1S/C23H27BrN4O2/c24-17-10-11-18(26-22(29)16-8-4-3-5-9-16)20-19(17)21(27-23(20)30)25-12-15-28-13-6-1-2-7-14-28/h3-5,8-11,21,25H,1-2,6-7,12-15H2,(H,26,29)(H,27,30). The molecule has 2 aliphatic heterocycles. The van der Waals surface area contributed by atoms with Crippen LogP contribution in [-0.2, 0) is 0 Å². The van der Waals surface area contributed by atoms with Crippen LogP contribution in [0, 0.1) is 0 Å². The number of nitrogens with one attached hydrogen (secondary N) is 3. The highest BCUT2D eigenvalue weighted by atomic mass is 79.9. The number of hydrogen-bond acceptors (Lipinski definition) is 4. The van der Waals surface area contributed by atoms with E-state index in [2.05, 4.69) is 36.8 Å². The molecule has 0 saturated carbocycles. The van der Waals surface area contributed by atoms with Gasteiger partial charge >= 0.3 is 0 Å². The molecule has 0 radical (unpaired) electrons. The first-order valence-corrected chi connectivity index (χ1v) is 11.4. The molecule has 2 aromatic rings. The number of likely N-dealkylation sites (tertiary alicyclic amines) is 1. The number of halogens is 1. The van der Waals surface area contributed by atoms with Gasteiger partial charge in [0.15, 0.2) is 0 Å². The van der Waals surface area contributed by atoms with Crippen molar-refractivity contribution in [2.45, 2.75) is 31.8 Å². The SMILES string of the molecule is O=C(Nc1ccc(Br)c2c1C(=O)NC2NCCN1CCCCCC1)c1ccccc1. The summed E-state index contributed by atoms with van der Waals surface area (Å²) >= 11 is 3.58. The van der Waals surface area contributed by atoms with Crippen LogP contribution in [0.5, 0.6) is 0 Å². The molecule has 1 fully saturated rings. The van der Waals surface area contributed by atoms with Gasteiger partial charge in [-0.15, -0.1) is 0 Å². The molecule has 2 aromatic carbocycles. The Balaban J connectivity index is 1.46. The Bertz CT molecular complexity index is 911. The van der Waals surface area contributed by atoms with Gasteiger partial charge in [-0.1, -0.05) is 47.0 Å². The molecule has 4 rings (SSSR count). The molecule has 3 N–H and O–H groups in total. The Kier molecular flexibility index (Phi) is 6.82. The van der Waals surface area contributed by atoms with E-state index in [-0.39, 0.29) is 18.0 Å². The second-order valence-corrected chi connectivity index (χ2v) is 8.67. The van der Waals surface area contributed by atoms with E-state index in [0.29, 0.717) is 16.8 Å². The Labute approximate surface area is 185 Å². The third-order valence-corrected chi connectivity index (χ3v) is 6.43. The topological polar surface area (TPSA) is 73.5 Å². The third-order valence-electron chi connectivity index (χ3n) is 5.74. The lowest BCUT2D eigenvalue weighted by Gasteiger charge is -2.22. The van der Waals surface area contributed by atoms with Crippen molar-refractivity contribution in [2.75, 3.05) is 31.5 Å². The van der Waals surface area contributed by atoms with Gasteiger partial charge in [0.1, 0.15) is 6.17 Å². The van der Waals surface area contributed by atoms with Gasteiger partial charge < -0.3 is 15.5 Å². The van der Waals surface area contributed by atoms with Crippen LogP contribution < -0.4 is 16.0 Å². The van der Waals surface area contributed by atoms with Crippen LogP contribution in [0.1, 0.15) is 58.1 Å². The second-order valence-electron chi connectivity index (χ2n) is 7.82. The van der Waals surface area contributed by atoms with Crippen molar-refractivity contribution in [2.24, 2.45) is 0 Å². The first-order chi connectivity index (χ1) is 14.6. The van der Waals surface area contributed by atoms with Gasteiger partial charge in [-0.3, -0.25) is 14.9 Å². The predicted molar refractivity (Wildman–Crippen MR) is 122 cm³/mol. The van der Waals surface area contributed by atoms with Crippen LogP contribution in [0.4, 0.5) is 5.69 Å². The van der Waals surface area contributed by atoms with Gasteiger partial charge in [0.2, 0.25) is 0 Å². The maximum Gasteiger partial charge on any atom is 0.255 e. The molecule has 1 saturated heterocycles. The van der Waals surface area contributed by atoms with E-state index in [1.807, 2.05) is 24.3 Å². The van der Waals surface area contributed by atoms with Crippen molar-refractivity contribution in [3.05, 3.63) is 63.6 Å². The van der Waals surface area contributed by atoms with E-state index >= 15 is 0 Å². The summed E-state index contributed by atoms with van der Waals surface area (Å²) in [5.41, 5.74) is 2.44. The zero-order chi connectivity index (χ0) is 20.9. The summed E-state index contributed by atoms with van der Waals surface area (Å²) in [7, 11) is 0. The smallest absolute Gasteiger partial charge is 0.255 e. The molecule has 2 aliphatic rings. The molecule has 0 aliphatic carbocycles. The maximum atomic E-state index is 12.7. The van der Waals surface area contributed by atoms with Crippen LogP contribution in [-0.4, -0.2) is 42.9 Å². The van der Waals surface area contributed by atoms with Crippen molar-refractivity contribution in [1.29, 1.82) is 0 Å². The predicted octanol–water partition coefficient (Wildman–Crippen LogP) is 3.91. The average molecular weight is 471 g/mol. The fourth-order valence-corrected chi connectivity index (χ4v) is 4.72. The van der Waals surface area contributed by atoms with E-state index in [4.69, 9.17) is 0 Å². The summed E-state index contributed by atoms with van der Waals surface area (Å²) in [5.74, 6) is -0.410. The molecule has 30 heavy (non-hydrogen) atoms. The van der Waals surface area contributed by atoms with Gasteiger partial charge in [-0.2, -0.15) is 0 Å². The highest BCUT2D eigenvalue weighted by Gasteiger charge is 2.33. The first-order valence-electron chi connectivity index (χ1n) is 10.6. The number of hydrogen-bond donors (Lipinski definition) is 3. The number of nitrogens with zero attached hydrogens (tertiary/aromatic N) is 1. The number of fused-ring (bicyclic) bond motifs is 1. The lowest BCUT2D eigenvalue weighted by molar-refractivity contribution is 0.0951. The fraction of sp³-hybridized carbons (Fsp3) is 0.391. The minimum atomic E-state index is -0.276. The van der Waals surface area contributed by atoms with Crippen molar-refractivity contribution in [3.8, 4) is 0 Å². The summed E-state index contributed by atoms with van der Waals surface area (Å²) in [4.78, 5) is 27.8. The van der Waals surface area contributed by atoms with Crippen molar-refractivity contribution in [3.63, 3.8) is 0 Å². The zero-order valence-electron chi connectivity index (χ0n) is 16.9. The Morgan fingerprint density at radius 1 is 1.07 bits per heavy atom. The Morgan fingerprint density at radius 2 is 1.80 bits per heavy atom. The summed E-state index contributed by atoms with van der Waals surface area (Å²) in [6.45, 7) is 4.05. The summed E-state index contributed by atoms with van der Waals surface area (Å²) in [6, 6.07) is 12.6. The van der Waals surface area contributed by atoms with Crippen LogP contribution in [0.15, 0.2) is 46.9 Å². The molecule has 158 valence electrons. The number of benzene rings is 2. The molecular formula is C23H27BrN4O2. The maximum absolute atomic E-state index is 12.7. The minimum absolute atomic E-state index is 0.179. The van der Waals surface area contributed by atoms with Gasteiger partial charge in [-0.25, -0.2) is 0 Å². The van der Waals surface area contributed by atoms with Gasteiger partial charge in [0.05, 0.1) is 11.3 Å². The van der Waals surface area contributed by atoms with E-state index in [1.165, 1.54) is 25.7 Å². The van der Waals surface area contributed by atoms with Crippen LogP contribution in [0.3, 0.4) is 0 Å². The molecule has 6 nitrogen and oxygen atoms in total. The van der Waals surface area contributed by atoms with Crippen LogP contribution in [0.25, 0.3) is 0 Å². The zero-order valence-corrected chi connectivity index (χ0v) is 18.5. The monoisotopic (exact) mass is 470 g/mol. The number of rotatable bonds is 6. The van der Waals surface area contributed by atoms with Crippen LogP contribution in [0.2, 0.25) is 0 Å². The van der Waals surface area contributed by atoms with E-state index in [9.17, 15) is 9.59 Å². The van der Waals surface area contributed by atoms with Gasteiger partial charge in [-0.05, 0) is 50.2 Å². The second kappa shape index (κ2) is 9.73. The fourth-order valence-electron chi connectivity index (χ4n) is 4.16. The summed E-state index contributed by atoms with van der Waals surface area (Å²) in [6.07, 6.45) is 4.89. The molecule has 0 spiro atoms. The minimum Gasteiger partial charge on any atom is -0.332 e.